The van der Waals surface area contributed by atoms with Crippen LogP contribution in [0.5, 0.6) is 0 Å². The van der Waals surface area contributed by atoms with E-state index in [1.165, 1.54) is 86.0 Å². The molecular formula is C34H35F2N3O7S. The first-order chi connectivity index (χ1) is 22.2. The van der Waals surface area contributed by atoms with E-state index in [0.717, 1.165) is 0 Å². The van der Waals surface area contributed by atoms with Crippen molar-refractivity contribution in [3.8, 4) is 22.3 Å². The normalized spacial score (nSPS) is 13.1. The van der Waals surface area contributed by atoms with Gasteiger partial charge in [-0.2, -0.15) is 0 Å². The van der Waals surface area contributed by atoms with Crippen molar-refractivity contribution in [2.75, 3.05) is 12.4 Å². The summed E-state index contributed by atoms with van der Waals surface area (Å²) < 4.78 is 57.9. The summed E-state index contributed by atoms with van der Waals surface area (Å²) in [5, 5.41) is 29.0. The first-order valence-electron chi connectivity index (χ1n) is 14.5. The number of aromatic nitrogens is 1. The fraction of sp³-hybridized carbons (Fsp3) is 0.235. The van der Waals surface area contributed by atoms with Gasteiger partial charge in [0.1, 0.15) is 17.3 Å². The monoisotopic (exact) mass is 667 g/mol. The molecule has 1 heterocycles. The van der Waals surface area contributed by atoms with Crippen LogP contribution in [-0.2, 0) is 19.6 Å². The van der Waals surface area contributed by atoms with E-state index in [1.54, 1.807) is 10.6 Å². The zero-order valence-electron chi connectivity index (χ0n) is 25.9. The van der Waals surface area contributed by atoms with E-state index in [4.69, 9.17) is 5.14 Å². The highest BCUT2D eigenvalue weighted by molar-refractivity contribution is 7.89. The molecule has 4 aromatic rings. The van der Waals surface area contributed by atoms with Gasteiger partial charge in [-0.25, -0.2) is 22.3 Å². The number of hydrogen-bond donors (Lipinski definition) is 4. The number of benzene rings is 3. The first-order valence-corrected chi connectivity index (χ1v) is 16.1. The smallest absolute Gasteiger partial charge is 0.308 e. The summed E-state index contributed by atoms with van der Waals surface area (Å²) in [6.07, 6.45) is 0.0689. The average molecular weight is 668 g/mol. The second kappa shape index (κ2) is 14.8. The topological polar surface area (TPSA) is 161 Å². The van der Waals surface area contributed by atoms with Crippen LogP contribution in [0.3, 0.4) is 0 Å². The van der Waals surface area contributed by atoms with Gasteiger partial charge in [-0.15, -0.1) is 0 Å². The number of halogens is 2. The van der Waals surface area contributed by atoms with Crippen molar-refractivity contribution in [1.82, 2.24) is 4.57 Å². The van der Waals surface area contributed by atoms with E-state index in [2.05, 4.69) is 10.1 Å². The highest BCUT2D eigenvalue weighted by Gasteiger charge is 2.30. The Morgan fingerprint density at radius 2 is 1.45 bits per heavy atom. The van der Waals surface area contributed by atoms with Crippen molar-refractivity contribution >= 4 is 33.7 Å². The van der Waals surface area contributed by atoms with Crippen molar-refractivity contribution in [2.24, 2.45) is 5.14 Å². The number of carbonyl (C=O) groups excluding carboxylic acids is 2. The largest absolute Gasteiger partial charge is 0.469 e. The van der Waals surface area contributed by atoms with Crippen LogP contribution in [-0.4, -0.2) is 54.4 Å². The Morgan fingerprint density at radius 3 is 1.94 bits per heavy atom. The summed E-state index contributed by atoms with van der Waals surface area (Å²) in [6.45, 7) is 3.66. The van der Waals surface area contributed by atoms with Crippen molar-refractivity contribution in [2.45, 2.75) is 49.8 Å². The quantitative estimate of drug-likeness (QED) is 0.150. The van der Waals surface area contributed by atoms with Crippen molar-refractivity contribution in [3.63, 3.8) is 0 Å². The fourth-order valence-corrected chi connectivity index (χ4v) is 5.69. The van der Waals surface area contributed by atoms with Crippen molar-refractivity contribution < 1.29 is 41.7 Å². The number of nitrogens with one attached hydrogen (secondary N) is 1. The van der Waals surface area contributed by atoms with Crippen LogP contribution in [0.4, 0.5) is 14.5 Å². The molecule has 0 fully saturated rings. The molecule has 0 saturated carbocycles. The Morgan fingerprint density at radius 1 is 0.915 bits per heavy atom. The van der Waals surface area contributed by atoms with Gasteiger partial charge < -0.3 is 24.8 Å². The number of rotatable bonds is 12. The second-order valence-corrected chi connectivity index (χ2v) is 12.6. The van der Waals surface area contributed by atoms with Crippen LogP contribution in [0, 0.1) is 11.6 Å². The van der Waals surface area contributed by atoms with Gasteiger partial charge >= 0.3 is 5.97 Å². The Hall–Kier alpha value is -4.69. The van der Waals surface area contributed by atoms with Gasteiger partial charge in [-0.1, -0.05) is 30.3 Å². The molecule has 248 valence electrons. The standard InChI is InChI=1S/C34H35F2N3O7S/c1-20(2)39-29(17-14-26(40)18-27(41)19-30(42)46-3)31(21-4-8-23(35)9-5-21)32(22-6-10-24(36)11-7-22)33(39)34(43)38-25-12-15-28(16-13-25)47(37,44)45/h4-17,20,26-27,40-41H,18-19H2,1-3H3,(H,38,43)(H2,37,44,45)/b17-14+/t26-,27-/m1/s1. The van der Waals surface area contributed by atoms with Crippen LogP contribution in [0.1, 0.15) is 48.9 Å². The molecule has 4 rings (SSSR count). The maximum atomic E-state index is 14.2. The molecule has 0 saturated heterocycles. The second-order valence-electron chi connectivity index (χ2n) is 11.1. The van der Waals surface area contributed by atoms with Crippen LogP contribution < -0.4 is 10.5 Å². The third-order valence-corrected chi connectivity index (χ3v) is 8.23. The predicted molar refractivity (Wildman–Crippen MR) is 174 cm³/mol. The lowest BCUT2D eigenvalue weighted by Crippen LogP contribution is -2.21. The van der Waals surface area contributed by atoms with E-state index in [9.17, 15) is 37.0 Å². The van der Waals surface area contributed by atoms with Crippen molar-refractivity contribution in [1.29, 1.82) is 0 Å². The number of amides is 1. The molecule has 1 amide bonds. The molecule has 0 spiro atoms. The third-order valence-electron chi connectivity index (χ3n) is 7.30. The minimum atomic E-state index is -3.97. The molecule has 0 unspecified atom stereocenters. The highest BCUT2D eigenvalue weighted by atomic mass is 32.2. The minimum absolute atomic E-state index is 0.140. The van der Waals surface area contributed by atoms with Gasteiger partial charge in [0.2, 0.25) is 10.0 Å². The number of nitrogens with zero attached hydrogens (tertiary/aromatic N) is 1. The fourth-order valence-electron chi connectivity index (χ4n) is 5.17. The van der Waals surface area contributed by atoms with Crippen molar-refractivity contribution in [3.05, 3.63) is 102 Å². The molecule has 3 aromatic carbocycles. The lowest BCUT2D eigenvalue weighted by Gasteiger charge is -2.17. The summed E-state index contributed by atoms with van der Waals surface area (Å²) in [7, 11) is -2.78. The van der Waals surface area contributed by atoms with Gasteiger partial charge in [0.15, 0.2) is 0 Å². The molecule has 0 radical (unpaired) electrons. The first kappa shape index (κ1) is 35.2. The van der Waals surface area contributed by atoms with E-state index in [0.29, 0.717) is 27.9 Å². The minimum Gasteiger partial charge on any atom is -0.469 e. The van der Waals surface area contributed by atoms with Crippen LogP contribution >= 0.6 is 0 Å². The Labute approximate surface area is 271 Å². The van der Waals surface area contributed by atoms with Crippen LogP contribution in [0.15, 0.2) is 83.8 Å². The third kappa shape index (κ3) is 8.57. The molecule has 10 nitrogen and oxygen atoms in total. The number of esters is 1. The maximum Gasteiger partial charge on any atom is 0.308 e. The number of primary sulfonamides is 1. The molecule has 2 atom stereocenters. The zero-order valence-corrected chi connectivity index (χ0v) is 26.7. The van der Waals surface area contributed by atoms with Gasteiger partial charge in [0.05, 0.1) is 30.6 Å². The van der Waals surface area contributed by atoms with Gasteiger partial charge in [0.25, 0.3) is 5.91 Å². The van der Waals surface area contributed by atoms with Gasteiger partial charge in [0, 0.05) is 35.0 Å². The van der Waals surface area contributed by atoms with Crippen LogP contribution in [0.2, 0.25) is 0 Å². The summed E-state index contributed by atoms with van der Waals surface area (Å²) in [5.74, 6) is -2.23. The molecule has 47 heavy (non-hydrogen) atoms. The number of ether oxygens (including phenoxy) is 1. The number of anilines is 1. The summed E-state index contributed by atoms with van der Waals surface area (Å²) in [4.78, 5) is 25.6. The van der Waals surface area contributed by atoms with E-state index in [1.807, 2.05) is 13.8 Å². The summed E-state index contributed by atoms with van der Waals surface area (Å²) in [6, 6.07) is 16.0. The molecule has 0 aliphatic rings. The average Bonchev–Trinajstić information content (AvgIpc) is 3.36. The number of hydrogen-bond acceptors (Lipinski definition) is 7. The SMILES string of the molecule is COC(=O)C[C@H](O)C[C@H](O)/C=C/c1c(-c2ccc(F)cc2)c(-c2ccc(F)cc2)c(C(=O)Nc2ccc(S(N)(=O)=O)cc2)n1C(C)C. The number of sulfonamides is 1. The number of aliphatic hydroxyl groups excluding tert-OH is 2. The predicted octanol–water partition coefficient (Wildman–Crippen LogP) is 5.27. The molecule has 13 heteroatoms. The van der Waals surface area contributed by atoms with E-state index >= 15 is 0 Å². The van der Waals surface area contributed by atoms with Gasteiger partial charge in [-0.3, -0.25) is 9.59 Å². The Balaban J connectivity index is 1.94. The maximum absolute atomic E-state index is 14.2. The Bertz CT molecular complexity index is 1870. The number of carbonyl (C=O) groups is 2. The Kier molecular flexibility index (Phi) is 11.1. The van der Waals surface area contributed by atoms with Gasteiger partial charge in [-0.05, 0) is 79.6 Å². The molecule has 0 aliphatic heterocycles. The number of aliphatic hydroxyl groups is 2. The molecule has 1 aromatic heterocycles. The lowest BCUT2D eigenvalue weighted by molar-refractivity contribution is -0.143. The van der Waals surface area contributed by atoms with Crippen LogP contribution in [0.25, 0.3) is 28.3 Å². The zero-order chi connectivity index (χ0) is 34.5. The molecule has 0 aliphatic carbocycles. The molecular weight excluding hydrogens is 632 g/mol. The number of methoxy groups -OCH3 is 1. The summed E-state index contributed by atoms with van der Waals surface area (Å²) in [5.41, 5.74) is 2.66. The number of nitrogens with two attached hydrogens (primary N) is 1. The molecule has 0 bridgehead atoms. The lowest BCUT2D eigenvalue weighted by atomic mass is 9.94. The highest BCUT2D eigenvalue weighted by Crippen LogP contribution is 2.43. The van der Waals surface area contributed by atoms with E-state index in [-0.39, 0.29) is 35.2 Å². The molecule has 5 N–H and O–H groups in total. The van der Waals surface area contributed by atoms with E-state index < -0.39 is 45.7 Å². The summed E-state index contributed by atoms with van der Waals surface area (Å²) >= 11 is 0.